The van der Waals surface area contributed by atoms with Gasteiger partial charge in [-0.1, -0.05) is 30.3 Å². The lowest BCUT2D eigenvalue weighted by atomic mass is 10.1. The molecule has 1 fully saturated rings. The molecular weight excluding hydrogens is 246 g/mol. The molecule has 1 aromatic carbocycles. The normalized spacial score (nSPS) is 21.2. The third-order valence-electron chi connectivity index (χ3n) is 4.42. The minimum absolute atomic E-state index is 0.699. The minimum Gasteiger partial charge on any atom is -0.330 e. The summed E-state index contributed by atoms with van der Waals surface area (Å²) in [5, 5.41) is 3.53. The van der Waals surface area contributed by atoms with Crippen LogP contribution in [0, 0.1) is 5.92 Å². The molecule has 3 N–H and O–H groups in total. The van der Waals surface area contributed by atoms with Gasteiger partial charge in [-0.05, 0) is 57.3 Å². The van der Waals surface area contributed by atoms with Gasteiger partial charge in [0.25, 0.3) is 0 Å². The average Bonchev–Trinajstić information content (AvgIpc) is 2.97. The van der Waals surface area contributed by atoms with Gasteiger partial charge in [0.1, 0.15) is 0 Å². The number of nitrogens with two attached hydrogens (primary N) is 1. The first-order valence-corrected chi connectivity index (χ1v) is 7.98. The third kappa shape index (κ3) is 4.89. The van der Waals surface area contributed by atoms with Gasteiger partial charge in [0.05, 0.1) is 0 Å². The van der Waals surface area contributed by atoms with E-state index in [-0.39, 0.29) is 0 Å². The molecule has 0 saturated carbocycles. The Labute approximate surface area is 123 Å². The molecular formula is C17H29N3. The zero-order valence-corrected chi connectivity index (χ0v) is 12.7. The number of rotatable bonds is 8. The van der Waals surface area contributed by atoms with Crippen molar-refractivity contribution < 1.29 is 0 Å². The molecule has 3 heteroatoms. The average molecular weight is 275 g/mol. The molecule has 2 atom stereocenters. The maximum Gasteiger partial charge on any atom is 0.0205 e. The summed E-state index contributed by atoms with van der Waals surface area (Å²) in [6, 6.07) is 11.3. The van der Waals surface area contributed by atoms with Crippen LogP contribution in [0.25, 0.3) is 0 Å². The fourth-order valence-corrected chi connectivity index (χ4v) is 2.99. The molecule has 1 aliphatic rings. The first-order valence-electron chi connectivity index (χ1n) is 7.98. The zero-order chi connectivity index (χ0) is 14.2. The number of hydrogen-bond donors (Lipinski definition) is 2. The molecule has 0 radical (unpaired) electrons. The smallest absolute Gasteiger partial charge is 0.0205 e. The molecule has 0 spiro atoms. The molecule has 20 heavy (non-hydrogen) atoms. The lowest BCUT2D eigenvalue weighted by Gasteiger charge is -2.24. The van der Waals surface area contributed by atoms with Gasteiger partial charge >= 0.3 is 0 Å². The molecule has 1 heterocycles. The summed E-state index contributed by atoms with van der Waals surface area (Å²) in [6.45, 7) is 7.73. The van der Waals surface area contributed by atoms with Crippen LogP contribution in [-0.2, 0) is 6.54 Å². The number of likely N-dealkylation sites (tertiary alicyclic amines) is 1. The second-order valence-corrected chi connectivity index (χ2v) is 6.04. The highest BCUT2D eigenvalue weighted by molar-refractivity contribution is 5.14. The fraction of sp³-hybridized carbons (Fsp3) is 0.647. The van der Waals surface area contributed by atoms with Crippen LogP contribution in [0.5, 0.6) is 0 Å². The molecule has 2 rings (SSSR count). The number of benzene rings is 1. The molecule has 0 amide bonds. The Morgan fingerprint density at radius 1 is 1.35 bits per heavy atom. The predicted octanol–water partition coefficient (Wildman–Crippen LogP) is 2.23. The van der Waals surface area contributed by atoms with E-state index in [4.69, 9.17) is 5.73 Å². The van der Waals surface area contributed by atoms with Crippen LogP contribution < -0.4 is 11.1 Å². The van der Waals surface area contributed by atoms with Crippen LogP contribution >= 0.6 is 0 Å². The van der Waals surface area contributed by atoms with Gasteiger partial charge in [0.2, 0.25) is 0 Å². The summed E-state index contributed by atoms with van der Waals surface area (Å²) in [4.78, 5) is 2.61. The Morgan fingerprint density at radius 3 is 2.85 bits per heavy atom. The van der Waals surface area contributed by atoms with Crippen LogP contribution in [-0.4, -0.2) is 37.1 Å². The molecule has 0 aromatic heterocycles. The van der Waals surface area contributed by atoms with Gasteiger partial charge in [-0.2, -0.15) is 0 Å². The van der Waals surface area contributed by atoms with E-state index in [1.54, 1.807) is 0 Å². The SMILES string of the molecule is CC(CCCNCc1ccccc1)N1CCC(CN)C1. The molecule has 1 aromatic rings. The van der Waals surface area contributed by atoms with E-state index in [0.717, 1.165) is 25.6 Å². The van der Waals surface area contributed by atoms with Gasteiger partial charge in [-0.3, -0.25) is 0 Å². The first-order chi connectivity index (χ1) is 9.79. The molecule has 1 aliphatic heterocycles. The van der Waals surface area contributed by atoms with E-state index < -0.39 is 0 Å². The van der Waals surface area contributed by atoms with E-state index in [2.05, 4.69) is 47.5 Å². The number of nitrogens with zero attached hydrogens (tertiary/aromatic N) is 1. The van der Waals surface area contributed by atoms with Gasteiger partial charge < -0.3 is 16.0 Å². The monoisotopic (exact) mass is 275 g/mol. The Kier molecular flexibility index (Phi) is 6.51. The van der Waals surface area contributed by atoms with Crippen molar-refractivity contribution in [2.45, 2.75) is 38.8 Å². The van der Waals surface area contributed by atoms with Gasteiger partial charge in [0, 0.05) is 19.1 Å². The largest absolute Gasteiger partial charge is 0.330 e. The Hall–Kier alpha value is -0.900. The van der Waals surface area contributed by atoms with Crippen molar-refractivity contribution in [3.63, 3.8) is 0 Å². The summed E-state index contributed by atoms with van der Waals surface area (Å²) in [6.07, 6.45) is 3.81. The molecule has 0 aliphatic carbocycles. The second kappa shape index (κ2) is 8.40. The van der Waals surface area contributed by atoms with Gasteiger partial charge in [-0.25, -0.2) is 0 Å². The lowest BCUT2D eigenvalue weighted by molar-refractivity contribution is 0.235. The van der Waals surface area contributed by atoms with Crippen LogP contribution in [0.2, 0.25) is 0 Å². The Balaban J connectivity index is 1.55. The topological polar surface area (TPSA) is 41.3 Å². The summed E-state index contributed by atoms with van der Waals surface area (Å²) in [7, 11) is 0. The summed E-state index contributed by atoms with van der Waals surface area (Å²) in [5.74, 6) is 0.730. The maximum atomic E-state index is 5.75. The van der Waals surface area contributed by atoms with E-state index >= 15 is 0 Å². The highest BCUT2D eigenvalue weighted by atomic mass is 15.2. The van der Waals surface area contributed by atoms with Crippen molar-refractivity contribution in [2.24, 2.45) is 11.7 Å². The lowest BCUT2D eigenvalue weighted by Crippen LogP contribution is -2.32. The van der Waals surface area contributed by atoms with E-state index in [9.17, 15) is 0 Å². The standard InChI is InChI=1S/C17H29N3/c1-15(20-11-9-17(12-18)14-20)6-5-10-19-13-16-7-3-2-4-8-16/h2-4,7-8,15,17,19H,5-6,9-14,18H2,1H3. The van der Waals surface area contributed by atoms with Gasteiger partial charge in [0.15, 0.2) is 0 Å². The van der Waals surface area contributed by atoms with Crippen molar-refractivity contribution in [2.75, 3.05) is 26.2 Å². The second-order valence-electron chi connectivity index (χ2n) is 6.04. The van der Waals surface area contributed by atoms with Crippen molar-refractivity contribution in [3.05, 3.63) is 35.9 Å². The molecule has 2 unspecified atom stereocenters. The molecule has 3 nitrogen and oxygen atoms in total. The first kappa shape index (κ1) is 15.5. The Bertz CT molecular complexity index is 366. The number of nitrogens with one attached hydrogen (secondary N) is 1. The van der Waals surface area contributed by atoms with Crippen LogP contribution in [0.15, 0.2) is 30.3 Å². The Morgan fingerprint density at radius 2 is 2.15 bits per heavy atom. The van der Waals surface area contributed by atoms with Crippen LogP contribution in [0.4, 0.5) is 0 Å². The minimum atomic E-state index is 0.699. The molecule has 1 saturated heterocycles. The number of hydrogen-bond acceptors (Lipinski definition) is 3. The van der Waals surface area contributed by atoms with E-state index in [1.165, 1.54) is 37.9 Å². The van der Waals surface area contributed by atoms with Crippen molar-refractivity contribution in [3.8, 4) is 0 Å². The van der Waals surface area contributed by atoms with Crippen molar-refractivity contribution >= 4 is 0 Å². The summed E-state index contributed by atoms with van der Waals surface area (Å²) >= 11 is 0. The van der Waals surface area contributed by atoms with Crippen LogP contribution in [0.1, 0.15) is 31.7 Å². The highest BCUT2D eigenvalue weighted by Crippen LogP contribution is 2.19. The fourth-order valence-electron chi connectivity index (χ4n) is 2.99. The maximum absolute atomic E-state index is 5.75. The van der Waals surface area contributed by atoms with Crippen molar-refractivity contribution in [1.29, 1.82) is 0 Å². The van der Waals surface area contributed by atoms with Crippen LogP contribution in [0.3, 0.4) is 0 Å². The molecule has 112 valence electrons. The quantitative estimate of drug-likeness (QED) is 0.715. The highest BCUT2D eigenvalue weighted by Gasteiger charge is 2.24. The predicted molar refractivity (Wildman–Crippen MR) is 85.6 cm³/mol. The summed E-state index contributed by atoms with van der Waals surface area (Å²) in [5.41, 5.74) is 7.12. The van der Waals surface area contributed by atoms with E-state index in [1.807, 2.05) is 0 Å². The zero-order valence-electron chi connectivity index (χ0n) is 12.7. The third-order valence-corrected chi connectivity index (χ3v) is 4.42. The summed E-state index contributed by atoms with van der Waals surface area (Å²) < 4.78 is 0. The van der Waals surface area contributed by atoms with E-state index in [0.29, 0.717) is 6.04 Å². The van der Waals surface area contributed by atoms with Gasteiger partial charge in [-0.15, -0.1) is 0 Å². The molecule has 0 bridgehead atoms. The van der Waals surface area contributed by atoms with Crippen molar-refractivity contribution in [1.82, 2.24) is 10.2 Å².